The number of aromatic nitrogens is 5. The number of hydrogen-bond donors (Lipinski definition) is 2. The number of furan rings is 1. The van der Waals surface area contributed by atoms with Crippen molar-refractivity contribution in [1.29, 1.82) is 0 Å². The van der Waals surface area contributed by atoms with Gasteiger partial charge < -0.3 is 10.2 Å². The van der Waals surface area contributed by atoms with E-state index in [1.165, 1.54) is 0 Å². The minimum Gasteiger partial charge on any atom is -0.461 e. The Kier molecular flexibility index (Phi) is 2.63. The van der Waals surface area contributed by atoms with Crippen molar-refractivity contribution in [3.8, 4) is 23.0 Å². The lowest BCUT2D eigenvalue weighted by molar-refractivity contribution is 0.361. The maximum Gasteiger partial charge on any atom is 0.192 e. The van der Waals surface area contributed by atoms with Crippen LogP contribution in [0.2, 0.25) is 0 Å². The Morgan fingerprint density at radius 1 is 1.35 bits per heavy atom. The Morgan fingerprint density at radius 3 is 2.75 bits per heavy atom. The van der Waals surface area contributed by atoms with Crippen LogP contribution in [0.1, 0.15) is 20.8 Å². The Hall–Kier alpha value is -2.57. The standard InChI is InChI=1S/C13H16N6O/c1-13(2,3)19-10(14)8(7-15-19)11-16-12(18-17-11)9-5-4-6-20-9/h4-7H,14H2,1-3H3,(H,16,17,18). The van der Waals surface area contributed by atoms with Gasteiger partial charge in [-0.1, -0.05) is 0 Å². The predicted octanol–water partition coefficient (Wildman–Crippen LogP) is 2.27. The first-order valence-corrected chi connectivity index (χ1v) is 6.27. The molecule has 3 heterocycles. The molecule has 0 fully saturated rings. The molecule has 0 aliphatic rings. The molecule has 3 rings (SSSR count). The smallest absolute Gasteiger partial charge is 0.192 e. The minimum absolute atomic E-state index is 0.192. The first-order chi connectivity index (χ1) is 9.47. The molecular formula is C13H16N6O. The average molecular weight is 272 g/mol. The second kappa shape index (κ2) is 4.22. The second-order valence-electron chi connectivity index (χ2n) is 5.51. The van der Waals surface area contributed by atoms with Gasteiger partial charge >= 0.3 is 0 Å². The third kappa shape index (κ3) is 1.97. The molecule has 0 aromatic carbocycles. The molecule has 20 heavy (non-hydrogen) atoms. The van der Waals surface area contributed by atoms with Crippen molar-refractivity contribution in [2.75, 3.05) is 5.73 Å². The number of H-pyrrole nitrogens is 1. The molecule has 0 unspecified atom stereocenters. The summed E-state index contributed by atoms with van der Waals surface area (Å²) in [5.74, 6) is 2.24. The van der Waals surface area contributed by atoms with Crippen molar-refractivity contribution < 1.29 is 4.42 Å². The van der Waals surface area contributed by atoms with E-state index in [1.807, 2.05) is 26.8 Å². The van der Waals surface area contributed by atoms with E-state index in [1.54, 1.807) is 23.2 Å². The minimum atomic E-state index is -0.192. The van der Waals surface area contributed by atoms with Gasteiger partial charge in [-0.2, -0.15) is 10.2 Å². The summed E-state index contributed by atoms with van der Waals surface area (Å²) in [6.07, 6.45) is 3.26. The molecular weight excluding hydrogens is 256 g/mol. The fourth-order valence-electron chi connectivity index (χ4n) is 1.97. The lowest BCUT2D eigenvalue weighted by Gasteiger charge is -2.20. The number of anilines is 1. The Bertz CT molecular complexity index is 716. The van der Waals surface area contributed by atoms with Gasteiger partial charge in [0, 0.05) is 0 Å². The monoisotopic (exact) mass is 272 g/mol. The molecule has 3 aromatic heterocycles. The normalized spacial score (nSPS) is 11.9. The van der Waals surface area contributed by atoms with Gasteiger partial charge in [0.05, 0.1) is 23.6 Å². The summed E-state index contributed by atoms with van der Waals surface area (Å²) in [6, 6.07) is 3.61. The molecule has 0 amide bonds. The van der Waals surface area contributed by atoms with Crippen LogP contribution in [0.5, 0.6) is 0 Å². The van der Waals surface area contributed by atoms with Gasteiger partial charge in [0.15, 0.2) is 17.4 Å². The molecule has 0 saturated heterocycles. The number of rotatable bonds is 2. The molecule has 3 aromatic rings. The van der Waals surface area contributed by atoms with Crippen LogP contribution < -0.4 is 5.73 Å². The van der Waals surface area contributed by atoms with Crippen LogP contribution >= 0.6 is 0 Å². The van der Waals surface area contributed by atoms with E-state index < -0.39 is 0 Å². The Balaban J connectivity index is 2.01. The van der Waals surface area contributed by atoms with E-state index in [-0.39, 0.29) is 5.54 Å². The number of aromatic amines is 1. The van der Waals surface area contributed by atoms with Gasteiger partial charge in [-0.15, -0.1) is 0 Å². The molecule has 0 saturated carbocycles. The van der Waals surface area contributed by atoms with Crippen LogP contribution in [-0.4, -0.2) is 25.0 Å². The van der Waals surface area contributed by atoms with Crippen molar-refractivity contribution in [1.82, 2.24) is 25.0 Å². The van der Waals surface area contributed by atoms with Crippen LogP contribution in [-0.2, 0) is 5.54 Å². The highest BCUT2D eigenvalue weighted by atomic mass is 16.3. The first-order valence-electron chi connectivity index (χ1n) is 6.27. The Labute approximate surface area is 115 Å². The van der Waals surface area contributed by atoms with Crippen LogP contribution in [0.4, 0.5) is 5.82 Å². The van der Waals surface area contributed by atoms with E-state index in [0.29, 0.717) is 28.8 Å². The zero-order valence-corrected chi connectivity index (χ0v) is 11.6. The molecule has 0 aliphatic heterocycles. The lowest BCUT2D eigenvalue weighted by atomic mass is 10.1. The third-order valence-corrected chi connectivity index (χ3v) is 2.92. The molecule has 0 bridgehead atoms. The molecule has 7 nitrogen and oxygen atoms in total. The van der Waals surface area contributed by atoms with E-state index >= 15 is 0 Å². The van der Waals surface area contributed by atoms with Crippen molar-refractivity contribution in [3.05, 3.63) is 24.6 Å². The number of hydrogen-bond acceptors (Lipinski definition) is 5. The molecule has 0 spiro atoms. The maximum atomic E-state index is 6.13. The van der Waals surface area contributed by atoms with Crippen molar-refractivity contribution in [2.24, 2.45) is 0 Å². The lowest BCUT2D eigenvalue weighted by Crippen LogP contribution is -2.24. The largest absolute Gasteiger partial charge is 0.461 e. The van der Waals surface area contributed by atoms with Crippen molar-refractivity contribution >= 4 is 5.82 Å². The quantitative estimate of drug-likeness (QED) is 0.745. The van der Waals surface area contributed by atoms with E-state index in [2.05, 4.69) is 20.3 Å². The Morgan fingerprint density at radius 2 is 2.15 bits per heavy atom. The van der Waals surface area contributed by atoms with Gasteiger partial charge in [0.2, 0.25) is 0 Å². The highest BCUT2D eigenvalue weighted by Crippen LogP contribution is 2.28. The van der Waals surface area contributed by atoms with Crippen molar-refractivity contribution in [3.63, 3.8) is 0 Å². The molecule has 0 aliphatic carbocycles. The van der Waals surface area contributed by atoms with Crippen LogP contribution in [0.25, 0.3) is 23.0 Å². The fourth-order valence-corrected chi connectivity index (χ4v) is 1.97. The highest BCUT2D eigenvalue weighted by Gasteiger charge is 2.22. The zero-order valence-electron chi connectivity index (χ0n) is 11.6. The van der Waals surface area contributed by atoms with E-state index in [9.17, 15) is 0 Å². The van der Waals surface area contributed by atoms with Gasteiger partial charge in [-0.05, 0) is 32.9 Å². The highest BCUT2D eigenvalue weighted by molar-refractivity contribution is 5.69. The number of nitrogens with zero attached hydrogens (tertiary/aromatic N) is 4. The summed E-state index contributed by atoms with van der Waals surface area (Å²) in [4.78, 5) is 4.39. The number of nitrogens with one attached hydrogen (secondary N) is 1. The number of nitrogen functional groups attached to an aromatic ring is 1. The zero-order chi connectivity index (χ0) is 14.3. The summed E-state index contributed by atoms with van der Waals surface area (Å²) in [7, 11) is 0. The molecule has 104 valence electrons. The topological polar surface area (TPSA) is 98.5 Å². The summed E-state index contributed by atoms with van der Waals surface area (Å²) in [6.45, 7) is 6.10. The molecule has 3 N–H and O–H groups in total. The molecule has 7 heteroatoms. The van der Waals surface area contributed by atoms with Crippen LogP contribution in [0, 0.1) is 0 Å². The third-order valence-electron chi connectivity index (χ3n) is 2.92. The molecule has 0 atom stereocenters. The van der Waals surface area contributed by atoms with Crippen molar-refractivity contribution in [2.45, 2.75) is 26.3 Å². The molecule has 0 radical (unpaired) electrons. The summed E-state index contributed by atoms with van der Waals surface area (Å²) < 4.78 is 7.03. The predicted molar refractivity (Wildman–Crippen MR) is 74.7 cm³/mol. The SMILES string of the molecule is CC(C)(C)n1ncc(-c2n[nH]c(-c3ccco3)n2)c1N. The first kappa shape index (κ1) is 12.5. The van der Waals surface area contributed by atoms with Gasteiger partial charge in [-0.3, -0.25) is 5.10 Å². The maximum absolute atomic E-state index is 6.13. The van der Waals surface area contributed by atoms with E-state index in [4.69, 9.17) is 10.2 Å². The van der Waals surface area contributed by atoms with Gasteiger partial charge in [0.25, 0.3) is 0 Å². The van der Waals surface area contributed by atoms with Crippen LogP contribution in [0.3, 0.4) is 0 Å². The number of nitrogens with two attached hydrogens (primary N) is 1. The van der Waals surface area contributed by atoms with E-state index in [0.717, 1.165) is 0 Å². The summed E-state index contributed by atoms with van der Waals surface area (Å²) in [5.41, 5.74) is 6.64. The fraction of sp³-hybridized carbons (Fsp3) is 0.308. The van der Waals surface area contributed by atoms with Gasteiger partial charge in [-0.25, -0.2) is 9.67 Å². The van der Waals surface area contributed by atoms with Crippen LogP contribution in [0.15, 0.2) is 29.0 Å². The van der Waals surface area contributed by atoms with Gasteiger partial charge in [0.1, 0.15) is 5.82 Å². The average Bonchev–Trinajstić information content (AvgIpc) is 3.06. The summed E-state index contributed by atoms with van der Waals surface area (Å²) in [5, 5.41) is 11.3. The second-order valence-corrected chi connectivity index (χ2v) is 5.51. The summed E-state index contributed by atoms with van der Waals surface area (Å²) >= 11 is 0.